The summed E-state index contributed by atoms with van der Waals surface area (Å²) in [5, 5.41) is 8.50. The van der Waals surface area contributed by atoms with Gasteiger partial charge in [0.05, 0.1) is 22.4 Å². The molecule has 2 aromatic heterocycles. The Kier molecular flexibility index (Phi) is 5.37. The van der Waals surface area contributed by atoms with Gasteiger partial charge in [0.2, 0.25) is 0 Å². The highest BCUT2D eigenvalue weighted by Gasteiger charge is 2.29. The van der Waals surface area contributed by atoms with Gasteiger partial charge >= 0.3 is 0 Å². The van der Waals surface area contributed by atoms with Crippen molar-refractivity contribution in [2.24, 2.45) is 7.05 Å². The molecule has 0 bridgehead atoms. The summed E-state index contributed by atoms with van der Waals surface area (Å²) in [6.07, 6.45) is 5.17. The van der Waals surface area contributed by atoms with Crippen molar-refractivity contribution in [1.82, 2.24) is 25.0 Å². The maximum atomic E-state index is 13.2. The third-order valence-electron chi connectivity index (χ3n) is 5.93. The molecule has 158 valence electrons. The Bertz CT molecular complexity index is 1030. The predicted octanol–water partition coefficient (Wildman–Crippen LogP) is 1.39. The summed E-state index contributed by atoms with van der Waals surface area (Å²) in [5.41, 5.74) is 3.24. The minimum atomic E-state index is -2.95. The highest BCUT2D eigenvalue weighted by atomic mass is 32.2. The standard InChI is InChI=1S/C20H29N5O3S/c1-13-18-16(12-17(14-4-5-14)22-19(18)24(2)23-13)20(26)21-15-6-8-25(9-7-15)10-11-29(3,27)28/h12,14-15H,4-11H2,1-3H3,(H,21,26). The molecule has 4 rings (SSSR count). The fourth-order valence-electron chi connectivity index (χ4n) is 4.09. The van der Waals surface area contributed by atoms with Crippen LogP contribution in [0.3, 0.4) is 0 Å². The molecule has 2 aromatic rings. The second kappa shape index (κ2) is 7.68. The van der Waals surface area contributed by atoms with E-state index in [1.54, 1.807) is 4.68 Å². The van der Waals surface area contributed by atoms with Crippen LogP contribution in [0.1, 0.15) is 53.3 Å². The zero-order chi connectivity index (χ0) is 20.8. The van der Waals surface area contributed by atoms with Gasteiger partial charge in [-0.05, 0) is 38.7 Å². The number of sulfone groups is 1. The average Bonchev–Trinajstić information content (AvgIpc) is 3.47. The van der Waals surface area contributed by atoms with Crippen molar-refractivity contribution >= 4 is 26.8 Å². The van der Waals surface area contributed by atoms with Crippen LogP contribution in [-0.2, 0) is 16.9 Å². The van der Waals surface area contributed by atoms with Crippen LogP contribution in [0.25, 0.3) is 11.0 Å². The summed E-state index contributed by atoms with van der Waals surface area (Å²) < 4.78 is 24.5. The van der Waals surface area contributed by atoms with Gasteiger partial charge < -0.3 is 10.2 Å². The highest BCUT2D eigenvalue weighted by Crippen LogP contribution is 2.40. The van der Waals surface area contributed by atoms with E-state index < -0.39 is 9.84 Å². The summed E-state index contributed by atoms with van der Waals surface area (Å²) in [6.45, 7) is 4.07. The Hall–Kier alpha value is -2.00. The van der Waals surface area contributed by atoms with Crippen molar-refractivity contribution in [3.8, 4) is 0 Å². The Morgan fingerprint density at radius 3 is 2.55 bits per heavy atom. The molecule has 1 N–H and O–H groups in total. The van der Waals surface area contributed by atoms with E-state index in [0.717, 1.165) is 61.2 Å². The van der Waals surface area contributed by atoms with Gasteiger partial charge in [-0.25, -0.2) is 13.4 Å². The summed E-state index contributed by atoms with van der Waals surface area (Å²) in [6, 6.07) is 2.05. The van der Waals surface area contributed by atoms with E-state index in [4.69, 9.17) is 4.98 Å². The van der Waals surface area contributed by atoms with Crippen LogP contribution in [0, 0.1) is 6.92 Å². The lowest BCUT2D eigenvalue weighted by atomic mass is 10.0. The molecule has 1 saturated carbocycles. The van der Waals surface area contributed by atoms with E-state index in [2.05, 4.69) is 15.3 Å². The van der Waals surface area contributed by atoms with E-state index in [-0.39, 0.29) is 17.7 Å². The molecule has 1 aliphatic heterocycles. The van der Waals surface area contributed by atoms with Crippen LogP contribution in [-0.4, -0.2) is 71.7 Å². The van der Waals surface area contributed by atoms with Crippen molar-refractivity contribution in [1.29, 1.82) is 0 Å². The van der Waals surface area contributed by atoms with E-state index in [1.807, 2.05) is 20.0 Å². The second-order valence-electron chi connectivity index (χ2n) is 8.50. The van der Waals surface area contributed by atoms with E-state index in [1.165, 1.54) is 6.26 Å². The quantitative estimate of drug-likeness (QED) is 0.760. The Labute approximate surface area is 171 Å². The first kappa shape index (κ1) is 20.3. The molecular formula is C20H29N5O3S. The fourth-order valence-corrected chi connectivity index (χ4v) is 4.68. The maximum Gasteiger partial charge on any atom is 0.252 e. The van der Waals surface area contributed by atoms with Gasteiger partial charge in [-0.2, -0.15) is 5.10 Å². The summed E-state index contributed by atoms with van der Waals surface area (Å²) in [4.78, 5) is 20.1. The van der Waals surface area contributed by atoms with Crippen LogP contribution in [0.4, 0.5) is 0 Å². The van der Waals surface area contributed by atoms with Crippen molar-refractivity contribution in [3.63, 3.8) is 0 Å². The number of rotatable bonds is 6. The smallest absolute Gasteiger partial charge is 0.252 e. The van der Waals surface area contributed by atoms with Crippen molar-refractivity contribution in [2.45, 2.75) is 44.6 Å². The molecule has 3 heterocycles. The molecule has 0 atom stereocenters. The summed E-state index contributed by atoms with van der Waals surface area (Å²) in [5.74, 6) is 0.577. The van der Waals surface area contributed by atoms with E-state index in [9.17, 15) is 13.2 Å². The number of nitrogens with zero attached hydrogens (tertiary/aromatic N) is 4. The van der Waals surface area contributed by atoms with Gasteiger partial charge in [0.25, 0.3) is 5.91 Å². The molecule has 0 radical (unpaired) electrons. The van der Waals surface area contributed by atoms with Crippen LogP contribution >= 0.6 is 0 Å². The van der Waals surface area contributed by atoms with E-state index >= 15 is 0 Å². The third kappa shape index (κ3) is 4.61. The van der Waals surface area contributed by atoms with Crippen LogP contribution in [0.15, 0.2) is 6.07 Å². The predicted molar refractivity (Wildman–Crippen MR) is 112 cm³/mol. The number of hydrogen-bond acceptors (Lipinski definition) is 6. The maximum absolute atomic E-state index is 13.2. The molecular weight excluding hydrogens is 390 g/mol. The zero-order valence-corrected chi connectivity index (χ0v) is 18.1. The molecule has 2 fully saturated rings. The number of fused-ring (bicyclic) bond motifs is 1. The lowest BCUT2D eigenvalue weighted by Crippen LogP contribution is -2.45. The lowest BCUT2D eigenvalue weighted by molar-refractivity contribution is 0.0914. The Balaban J connectivity index is 1.46. The van der Waals surface area contributed by atoms with Crippen molar-refractivity contribution in [2.75, 3.05) is 31.6 Å². The lowest BCUT2D eigenvalue weighted by Gasteiger charge is -2.32. The molecule has 0 unspecified atom stereocenters. The molecule has 1 aliphatic carbocycles. The highest BCUT2D eigenvalue weighted by molar-refractivity contribution is 7.90. The molecule has 1 amide bonds. The number of amides is 1. The molecule has 9 heteroatoms. The normalized spacial score (nSPS) is 19.0. The van der Waals surface area contributed by atoms with Gasteiger partial charge in [0.15, 0.2) is 5.65 Å². The minimum Gasteiger partial charge on any atom is -0.349 e. The van der Waals surface area contributed by atoms with Crippen LogP contribution in [0.5, 0.6) is 0 Å². The van der Waals surface area contributed by atoms with Crippen molar-refractivity contribution < 1.29 is 13.2 Å². The average molecular weight is 420 g/mol. The van der Waals surface area contributed by atoms with Crippen molar-refractivity contribution in [3.05, 3.63) is 23.0 Å². The molecule has 0 aromatic carbocycles. The largest absolute Gasteiger partial charge is 0.349 e. The second-order valence-corrected chi connectivity index (χ2v) is 10.8. The van der Waals surface area contributed by atoms with Gasteiger partial charge in [0.1, 0.15) is 9.84 Å². The molecule has 1 saturated heterocycles. The zero-order valence-electron chi connectivity index (χ0n) is 17.3. The monoisotopic (exact) mass is 419 g/mol. The fraction of sp³-hybridized carbons (Fsp3) is 0.650. The molecule has 0 spiro atoms. The molecule has 2 aliphatic rings. The Morgan fingerprint density at radius 1 is 1.24 bits per heavy atom. The van der Waals surface area contributed by atoms with Crippen LogP contribution in [0.2, 0.25) is 0 Å². The number of aryl methyl sites for hydroxylation is 2. The SMILES string of the molecule is Cc1nn(C)c2nc(C3CC3)cc(C(=O)NC3CCN(CCS(C)(=O)=O)CC3)c12. The topological polar surface area (TPSA) is 97.2 Å². The number of nitrogens with one attached hydrogen (secondary N) is 1. The molecule has 8 nitrogen and oxygen atoms in total. The van der Waals surface area contributed by atoms with Gasteiger partial charge in [0, 0.05) is 50.6 Å². The summed E-state index contributed by atoms with van der Waals surface area (Å²) in [7, 11) is -1.08. The first-order valence-corrected chi connectivity index (χ1v) is 12.3. The number of piperidine rings is 1. The van der Waals surface area contributed by atoms with Gasteiger partial charge in [-0.1, -0.05) is 0 Å². The number of pyridine rings is 1. The number of likely N-dealkylation sites (tertiary alicyclic amines) is 1. The number of aromatic nitrogens is 3. The number of hydrogen-bond donors (Lipinski definition) is 1. The van der Waals surface area contributed by atoms with Gasteiger partial charge in [-0.15, -0.1) is 0 Å². The first-order valence-electron chi connectivity index (χ1n) is 10.3. The number of carbonyl (C=O) groups excluding carboxylic acids is 1. The van der Waals surface area contributed by atoms with Crippen LogP contribution < -0.4 is 5.32 Å². The van der Waals surface area contributed by atoms with Gasteiger partial charge in [-0.3, -0.25) is 9.48 Å². The number of carbonyl (C=O) groups is 1. The minimum absolute atomic E-state index is 0.0648. The third-order valence-corrected chi connectivity index (χ3v) is 6.85. The first-order chi connectivity index (χ1) is 13.7. The Morgan fingerprint density at radius 2 is 1.93 bits per heavy atom. The summed E-state index contributed by atoms with van der Waals surface area (Å²) >= 11 is 0. The molecule has 29 heavy (non-hydrogen) atoms. The van der Waals surface area contributed by atoms with E-state index in [0.29, 0.717) is 18.0 Å².